The molecule has 3 rings (SSSR count). The maximum Gasteiger partial charge on any atom is 0.408 e. The van der Waals surface area contributed by atoms with E-state index in [4.69, 9.17) is 18.9 Å². The number of ether oxygens (including phenoxy) is 4. The van der Waals surface area contributed by atoms with Crippen LogP contribution in [0.15, 0.2) is 72.1 Å². The third-order valence-electron chi connectivity index (χ3n) is 4.94. The molecule has 0 bridgehead atoms. The number of benzene rings is 1. The minimum absolute atomic E-state index is 0.00101. The molecular weight excluding hydrogens is 426 g/mol. The van der Waals surface area contributed by atoms with Crippen LogP contribution in [-0.4, -0.2) is 35.9 Å². The summed E-state index contributed by atoms with van der Waals surface area (Å²) in [6, 6.07) is 6.00. The predicted octanol–water partition coefficient (Wildman–Crippen LogP) is 4.55. The molecule has 1 aromatic rings. The van der Waals surface area contributed by atoms with Gasteiger partial charge in [-0.3, -0.25) is 0 Å². The molecule has 0 fully saturated rings. The van der Waals surface area contributed by atoms with E-state index in [1.807, 2.05) is 24.3 Å². The van der Waals surface area contributed by atoms with Gasteiger partial charge in [-0.1, -0.05) is 30.4 Å². The summed E-state index contributed by atoms with van der Waals surface area (Å²) in [4.78, 5) is 24.5. The first-order valence-corrected chi connectivity index (χ1v) is 10.6. The molecule has 0 saturated heterocycles. The number of carbonyl (C=O) groups is 2. The quantitative estimate of drug-likeness (QED) is 0.607. The molecule has 33 heavy (non-hydrogen) atoms. The van der Waals surface area contributed by atoms with Gasteiger partial charge in [0.1, 0.15) is 35.7 Å². The number of phenolic OH excluding ortho intramolecular Hbond substituents is 1. The zero-order valence-corrected chi connectivity index (χ0v) is 19.2. The van der Waals surface area contributed by atoms with Crippen LogP contribution in [0.3, 0.4) is 0 Å². The molecule has 2 aliphatic rings. The number of esters is 1. The third-order valence-corrected chi connectivity index (χ3v) is 4.94. The lowest BCUT2D eigenvalue weighted by atomic mass is 9.84. The number of hydrogen-bond acceptors (Lipinski definition) is 7. The Morgan fingerprint density at radius 2 is 1.94 bits per heavy atom. The van der Waals surface area contributed by atoms with Crippen molar-refractivity contribution >= 4 is 12.1 Å². The molecule has 0 aromatic heterocycles. The highest BCUT2D eigenvalue weighted by molar-refractivity contribution is 5.81. The van der Waals surface area contributed by atoms with Crippen molar-refractivity contribution in [1.29, 1.82) is 0 Å². The van der Waals surface area contributed by atoms with Gasteiger partial charge in [0.05, 0.1) is 7.11 Å². The zero-order valence-electron chi connectivity index (χ0n) is 19.2. The Bertz CT molecular complexity index is 997. The topological polar surface area (TPSA) is 103 Å². The molecular formula is C25H29NO7. The first-order chi connectivity index (χ1) is 15.7. The Kier molecular flexibility index (Phi) is 7.48. The lowest BCUT2D eigenvalue weighted by molar-refractivity contribution is -0.143. The molecule has 1 amide bonds. The molecule has 0 unspecified atom stereocenters. The van der Waals surface area contributed by atoms with Gasteiger partial charge in [0.15, 0.2) is 5.76 Å². The highest BCUT2D eigenvalue weighted by atomic mass is 16.6. The molecule has 1 aliphatic carbocycles. The molecule has 0 spiro atoms. The van der Waals surface area contributed by atoms with Gasteiger partial charge in [-0.05, 0) is 44.9 Å². The molecule has 1 aliphatic heterocycles. The second-order valence-electron chi connectivity index (χ2n) is 8.66. The summed E-state index contributed by atoms with van der Waals surface area (Å²) >= 11 is 0. The lowest BCUT2D eigenvalue weighted by Crippen LogP contribution is -2.44. The highest BCUT2D eigenvalue weighted by Crippen LogP contribution is 2.38. The van der Waals surface area contributed by atoms with Gasteiger partial charge in [0.2, 0.25) is 0 Å². The standard InChI is InChI=1S/C25H29NO7/c1-25(2,3)33-24(29)26-21(23(28)30-4)13-18-14-31-15-22(32-18)20-8-6-5-7-19(20)16-9-11-17(27)12-10-16/h5-6,8-12,14-15,19,21,27H,7,13H2,1-4H3,(H,26,29)/t19-,21+/m1/s1. The van der Waals surface area contributed by atoms with Gasteiger partial charge >= 0.3 is 12.1 Å². The van der Waals surface area contributed by atoms with Crippen molar-refractivity contribution in [2.75, 3.05) is 7.11 Å². The number of aromatic hydroxyl groups is 1. The first kappa shape index (κ1) is 24.0. The normalized spacial score (nSPS) is 18.5. The van der Waals surface area contributed by atoms with Gasteiger partial charge in [-0.15, -0.1) is 0 Å². The van der Waals surface area contributed by atoms with Crippen LogP contribution < -0.4 is 5.32 Å². The smallest absolute Gasteiger partial charge is 0.408 e. The van der Waals surface area contributed by atoms with E-state index in [1.165, 1.54) is 19.6 Å². The maximum atomic E-state index is 12.3. The van der Waals surface area contributed by atoms with E-state index in [2.05, 4.69) is 11.4 Å². The van der Waals surface area contributed by atoms with E-state index in [-0.39, 0.29) is 18.1 Å². The molecule has 176 valence electrons. The summed E-state index contributed by atoms with van der Waals surface area (Å²) in [5.41, 5.74) is 1.20. The molecule has 8 nitrogen and oxygen atoms in total. The summed E-state index contributed by atoms with van der Waals surface area (Å²) in [5, 5.41) is 12.1. The SMILES string of the molecule is COC(=O)[C@H](CC1=COC=C(C2=CC=CC[C@@H]2c2ccc(O)cc2)O1)NC(=O)OC(C)(C)C. The molecule has 2 N–H and O–H groups in total. The summed E-state index contributed by atoms with van der Waals surface area (Å²) in [7, 11) is 1.24. The zero-order chi connectivity index (χ0) is 24.0. The molecule has 1 aromatic carbocycles. The van der Waals surface area contributed by atoms with Crippen molar-refractivity contribution in [1.82, 2.24) is 5.32 Å². The number of carbonyl (C=O) groups excluding carboxylic acids is 2. The Balaban J connectivity index is 1.72. The van der Waals surface area contributed by atoms with E-state index in [1.54, 1.807) is 32.9 Å². The first-order valence-electron chi connectivity index (χ1n) is 10.6. The van der Waals surface area contributed by atoms with Crippen LogP contribution in [0.4, 0.5) is 4.79 Å². The van der Waals surface area contributed by atoms with Crippen molar-refractivity contribution in [3.63, 3.8) is 0 Å². The van der Waals surface area contributed by atoms with Crippen LogP contribution >= 0.6 is 0 Å². The summed E-state index contributed by atoms with van der Waals surface area (Å²) in [6.45, 7) is 5.19. The van der Waals surface area contributed by atoms with Gasteiger partial charge in [-0.2, -0.15) is 0 Å². The monoisotopic (exact) mass is 455 g/mol. The fourth-order valence-electron chi connectivity index (χ4n) is 3.47. The number of rotatable bonds is 6. The average Bonchev–Trinajstić information content (AvgIpc) is 2.77. The Hall–Kier alpha value is -3.68. The van der Waals surface area contributed by atoms with Crippen LogP contribution in [-0.2, 0) is 23.7 Å². The van der Waals surface area contributed by atoms with Crippen LogP contribution in [0.2, 0.25) is 0 Å². The number of allylic oxidation sites excluding steroid dienone is 4. The van der Waals surface area contributed by atoms with Gasteiger partial charge < -0.3 is 29.4 Å². The summed E-state index contributed by atoms with van der Waals surface area (Å²) in [5.74, 6) is 0.405. The number of hydrogen-bond donors (Lipinski definition) is 2. The number of alkyl carbamates (subject to hydrolysis) is 1. The van der Waals surface area contributed by atoms with E-state index >= 15 is 0 Å². The molecule has 0 saturated carbocycles. The van der Waals surface area contributed by atoms with Gasteiger partial charge in [0.25, 0.3) is 0 Å². The van der Waals surface area contributed by atoms with Crippen molar-refractivity contribution in [2.45, 2.75) is 51.2 Å². The van der Waals surface area contributed by atoms with Crippen LogP contribution in [0.1, 0.15) is 45.1 Å². The molecule has 2 atom stereocenters. The van der Waals surface area contributed by atoms with Crippen LogP contribution in [0.5, 0.6) is 5.75 Å². The van der Waals surface area contributed by atoms with E-state index in [0.717, 1.165) is 17.6 Å². The van der Waals surface area contributed by atoms with Gasteiger partial charge in [-0.25, -0.2) is 9.59 Å². The third kappa shape index (κ3) is 6.65. The number of methoxy groups -OCH3 is 1. The highest BCUT2D eigenvalue weighted by Gasteiger charge is 2.30. The Labute approximate surface area is 193 Å². The molecule has 0 radical (unpaired) electrons. The van der Waals surface area contributed by atoms with Crippen molar-refractivity contribution in [3.8, 4) is 5.75 Å². The summed E-state index contributed by atoms with van der Waals surface area (Å²) < 4.78 is 21.6. The maximum absolute atomic E-state index is 12.3. The Morgan fingerprint density at radius 1 is 1.21 bits per heavy atom. The minimum atomic E-state index is -1.02. The number of phenols is 1. The largest absolute Gasteiger partial charge is 0.508 e. The predicted molar refractivity (Wildman–Crippen MR) is 121 cm³/mol. The molecule has 8 heteroatoms. The lowest BCUT2D eigenvalue weighted by Gasteiger charge is -2.27. The summed E-state index contributed by atoms with van der Waals surface area (Å²) in [6.07, 6.45) is 8.84. The average molecular weight is 456 g/mol. The number of nitrogens with one attached hydrogen (secondary N) is 1. The van der Waals surface area contributed by atoms with Gasteiger partial charge in [0, 0.05) is 17.9 Å². The van der Waals surface area contributed by atoms with Crippen molar-refractivity contribution < 1.29 is 33.6 Å². The Morgan fingerprint density at radius 3 is 2.61 bits per heavy atom. The fourth-order valence-corrected chi connectivity index (χ4v) is 3.47. The van der Waals surface area contributed by atoms with Crippen molar-refractivity contribution in [2.24, 2.45) is 0 Å². The van der Waals surface area contributed by atoms with Crippen LogP contribution in [0.25, 0.3) is 0 Å². The number of amides is 1. The second kappa shape index (κ2) is 10.3. The van der Waals surface area contributed by atoms with E-state index < -0.39 is 23.7 Å². The minimum Gasteiger partial charge on any atom is -0.508 e. The van der Waals surface area contributed by atoms with E-state index in [0.29, 0.717) is 11.5 Å². The second-order valence-corrected chi connectivity index (χ2v) is 8.66. The molecule has 1 heterocycles. The van der Waals surface area contributed by atoms with Crippen molar-refractivity contribution in [3.05, 3.63) is 77.7 Å². The van der Waals surface area contributed by atoms with E-state index in [9.17, 15) is 14.7 Å². The fraction of sp³-hybridized carbons (Fsp3) is 0.360. The van der Waals surface area contributed by atoms with Crippen LogP contribution in [0, 0.1) is 0 Å².